The highest BCUT2D eigenvalue weighted by molar-refractivity contribution is 7.11. The fourth-order valence-corrected chi connectivity index (χ4v) is 2.74. The minimum Gasteiger partial charge on any atom is -0.431 e. The van der Waals surface area contributed by atoms with Crippen LogP contribution in [0.3, 0.4) is 0 Å². The lowest BCUT2D eigenvalue weighted by Gasteiger charge is -2.13. The van der Waals surface area contributed by atoms with Crippen LogP contribution < -0.4 is 10.1 Å². The third-order valence-electron chi connectivity index (χ3n) is 3.48. The summed E-state index contributed by atoms with van der Waals surface area (Å²) in [6.45, 7) is 0.0928. The number of amides is 3. The van der Waals surface area contributed by atoms with Gasteiger partial charge in [0.25, 0.3) is 5.19 Å². The molecule has 0 unspecified atom stereocenters. The highest BCUT2D eigenvalue weighted by Crippen LogP contribution is 2.23. The molecule has 2 heterocycles. The van der Waals surface area contributed by atoms with E-state index >= 15 is 0 Å². The van der Waals surface area contributed by atoms with Crippen molar-refractivity contribution in [1.29, 1.82) is 0 Å². The molecule has 1 fully saturated rings. The number of nitrogens with zero attached hydrogens (tertiary/aromatic N) is 2. The lowest BCUT2D eigenvalue weighted by atomic mass is 10.2. The molecule has 1 N–H and O–H groups in total. The van der Waals surface area contributed by atoms with E-state index in [1.807, 2.05) is 17.5 Å². The molecule has 0 saturated carbocycles. The van der Waals surface area contributed by atoms with Gasteiger partial charge in [-0.05, 0) is 17.7 Å². The third-order valence-corrected chi connectivity index (χ3v) is 4.13. The molecule has 8 heteroatoms. The highest BCUT2D eigenvalue weighted by Gasteiger charge is 2.30. The van der Waals surface area contributed by atoms with Crippen molar-refractivity contribution >= 4 is 29.1 Å². The average Bonchev–Trinajstić information content (AvgIpc) is 3.19. The standard InChI is InChI=1S/C16H15N3O4S/c20-13(10-19-14(21)5-6-15(19)22)18-9-11-1-3-12(4-2-11)23-16-17-7-8-24-16/h1-4,7-8H,5-6,9-10H2,(H,18,20). The first-order valence-electron chi connectivity index (χ1n) is 7.38. The summed E-state index contributed by atoms with van der Waals surface area (Å²) < 4.78 is 5.55. The van der Waals surface area contributed by atoms with Crippen molar-refractivity contribution in [3.8, 4) is 10.9 Å². The zero-order valence-electron chi connectivity index (χ0n) is 12.7. The summed E-state index contributed by atoms with van der Waals surface area (Å²) in [6.07, 6.45) is 2.04. The first kappa shape index (κ1) is 16.1. The van der Waals surface area contributed by atoms with E-state index in [1.54, 1.807) is 18.3 Å². The Morgan fingerprint density at radius 2 is 1.92 bits per heavy atom. The molecule has 1 aromatic heterocycles. The Bertz CT molecular complexity index is 727. The van der Waals surface area contributed by atoms with Gasteiger partial charge in [0.1, 0.15) is 12.3 Å². The normalized spacial score (nSPS) is 14.1. The monoisotopic (exact) mass is 345 g/mol. The van der Waals surface area contributed by atoms with Gasteiger partial charge in [-0.2, -0.15) is 0 Å². The van der Waals surface area contributed by atoms with E-state index in [0.29, 0.717) is 17.5 Å². The molecule has 1 saturated heterocycles. The van der Waals surface area contributed by atoms with E-state index < -0.39 is 0 Å². The first-order valence-corrected chi connectivity index (χ1v) is 8.26. The summed E-state index contributed by atoms with van der Waals surface area (Å²) in [5, 5.41) is 5.09. The number of benzene rings is 1. The largest absolute Gasteiger partial charge is 0.431 e. The number of carbonyl (C=O) groups excluding carboxylic acids is 3. The molecule has 1 aromatic carbocycles. The molecule has 3 amide bonds. The predicted octanol–water partition coefficient (Wildman–Crippen LogP) is 1.70. The van der Waals surface area contributed by atoms with Gasteiger partial charge >= 0.3 is 0 Å². The zero-order valence-corrected chi connectivity index (χ0v) is 13.5. The topological polar surface area (TPSA) is 88.6 Å². The van der Waals surface area contributed by atoms with Crippen LogP contribution in [0.2, 0.25) is 0 Å². The molecule has 0 atom stereocenters. The first-order chi connectivity index (χ1) is 11.6. The molecule has 0 bridgehead atoms. The molecule has 2 aromatic rings. The summed E-state index contributed by atoms with van der Waals surface area (Å²) in [7, 11) is 0. The summed E-state index contributed by atoms with van der Waals surface area (Å²) >= 11 is 1.40. The van der Waals surface area contributed by atoms with Crippen molar-refractivity contribution in [2.45, 2.75) is 19.4 Å². The van der Waals surface area contributed by atoms with E-state index in [1.165, 1.54) is 11.3 Å². The predicted molar refractivity (Wildman–Crippen MR) is 86.4 cm³/mol. The van der Waals surface area contributed by atoms with Gasteiger partial charge in [0.2, 0.25) is 17.7 Å². The maximum absolute atomic E-state index is 11.9. The number of rotatable bonds is 6. The fraction of sp³-hybridized carbons (Fsp3) is 0.250. The minimum atomic E-state index is -0.360. The van der Waals surface area contributed by atoms with E-state index in [4.69, 9.17) is 4.74 Å². The van der Waals surface area contributed by atoms with Gasteiger partial charge in [0.15, 0.2) is 0 Å². The number of thiazole rings is 1. The van der Waals surface area contributed by atoms with Gasteiger partial charge in [0, 0.05) is 31.0 Å². The number of ether oxygens (including phenoxy) is 1. The Morgan fingerprint density at radius 1 is 1.21 bits per heavy atom. The maximum Gasteiger partial charge on any atom is 0.278 e. The molecular weight excluding hydrogens is 330 g/mol. The Kier molecular flexibility index (Phi) is 4.85. The Morgan fingerprint density at radius 3 is 2.54 bits per heavy atom. The molecule has 0 spiro atoms. The van der Waals surface area contributed by atoms with Crippen molar-refractivity contribution in [1.82, 2.24) is 15.2 Å². The molecule has 0 radical (unpaired) electrons. The summed E-state index contributed by atoms with van der Waals surface area (Å²) in [5.74, 6) is -0.285. The van der Waals surface area contributed by atoms with Gasteiger partial charge in [0.05, 0.1) is 0 Å². The van der Waals surface area contributed by atoms with Crippen LogP contribution in [0, 0.1) is 0 Å². The Hall–Kier alpha value is -2.74. The van der Waals surface area contributed by atoms with E-state index in [-0.39, 0.29) is 37.1 Å². The van der Waals surface area contributed by atoms with Crippen LogP contribution in [0.4, 0.5) is 0 Å². The van der Waals surface area contributed by atoms with Crippen LogP contribution in [0.5, 0.6) is 10.9 Å². The minimum absolute atomic E-state index is 0.187. The van der Waals surface area contributed by atoms with Crippen LogP contribution in [-0.4, -0.2) is 34.2 Å². The summed E-state index contributed by atoms with van der Waals surface area (Å²) in [6, 6.07) is 7.23. The average molecular weight is 345 g/mol. The van der Waals surface area contributed by atoms with Crippen molar-refractivity contribution in [2.75, 3.05) is 6.54 Å². The Balaban J connectivity index is 1.48. The van der Waals surface area contributed by atoms with Crippen molar-refractivity contribution < 1.29 is 19.1 Å². The van der Waals surface area contributed by atoms with Gasteiger partial charge in [-0.1, -0.05) is 23.5 Å². The van der Waals surface area contributed by atoms with Crippen molar-refractivity contribution in [2.24, 2.45) is 0 Å². The number of hydrogen-bond donors (Lipinski definition) is 1. The molecule has 124 valence electrons. The molecular formula is C16H15N3O4S. The zero-order chi connectivity index (χ0) is 16.9. The molecule has 24 heavy (non-hydrogen) atoms. The number of imide groups is 1. The quantitative estimate of drug-likeness (QED) is 0.805. The molecule has 7 nitrogen and oxygen atoms in total. The van der Waals surface area contributed by atoms with Crippen LogP contribution in [-0.2, 0) is 20.9 Å². The second kappa shape index (κ2) is 7.22. The van der Waals surface area contributed by atoms with Crippen LogP contribution in [0.25, 0.3) is 0 Å². The maximum atomic E-state index is 11.9. The third kappa shape index (κ3) is 3.96. The molecule has 0 aliphatic carbocycles. The number of carbonyl (C=O) groups is 3. The van der Waals surface area contributed by atoms with Crippen molar-refractivity contribution in [3.05, 3.63) is 41.4 Å². The smallest absolute Gasteiger partial charge is 0.278 e. The molecule has 1 aliphatic heterocycles. The number of nitrogens with one attached hydrogen (secondary N) is 1. The fourth-order valence-electron chi connectivity index (χ4n) is 2.24. The summed E-state index contributed by atoms with van der Waals surface area (Å²) in [5.41, 5.74) is 0.883. The van der Waals surface area contributed by atoms with Gasteiger partial charge in [-0.15, -0.1) is 0 Å². The number of likely N-dealkylation sites (tertiary alicyclic amines) is 1. The lowest BCUT2D eigenvalue weighted by Crippen LogP contribution is -2.39. The van der Waals surface area contributed by atoms with E-state index in [9.17, 15) is 14.4 Å². The van der Waals surface area contributed by atoms with Gasteiger partial charge in [-0.3, -0.25) is 19.3 Å². The SMILES string of the molecule is O=C(CN1C(=O)CCC1=O)NCc1ccc(Oc2nccs2)cc1. The number of aromatic nitrogens is 1. The molecule has 3 rings (SSSR count). The second-order valence-electron chi connectivity index (χ2n) is 5.19. The highest BCUT2D eigenvalue weighted by atomic mass is 32.1. The van der Waals surface area contributed by atoms with Gasteiger partial charge < -0.3 is 10.1 Å². The van der Waals surface area contributed by atoms with Crippen LogP contribution in [0.1, 0.15) is 18.4 Å². The number of hydrogen-bond acceptors (Lipinski definition) is 6. The summed E-state index contributed by atoms with van der Waals surface area (Å²) in [4.78, 5) is 39.8. The van der Waals surface area contributed by atoms with E-state index in [2.05, 4.69) is 10.3 Å². The Labute approximate surface area is 142 Å². The van der Waals surface area contributed by atoms with Crippen LogP contribution in [0.15, 0.2) is 35.8 Å². The van der Waals surface area contributed by atoms with Crippen LogP contribution >= 0.6 is 11.3 Å². The lowest BCUT2D eigenvalue weighted by molar-refractivity contribution is -0.142. The van der Waals surface area contributed by atoms with Gasteiger partial charge in [-0.25, -0.2) is 4.98 Å². The van der Waals surface area contributed by atoms with Crippen molar-refractivity contribution in [3.63, 3.8) is 0 Å². The van der Waals surface area contributed by atoms with E-state index in [0.717, 1.165) is 10.5 Å². The second-order valence-corrected chi connectivity index (χ2v) is 6.05. The molecule has 1 aliphatic rings.